The third-order valence-corrected chi connectivity index (χ3v) is 4.01. The maximum atomic E-state index is 12.3. The molecule has 0 spiro atoms. The highest BCUT2D eigenvalue weighted by molar-refractivity contribution is 9.09. The SMILES string of the molecule is CC.Cc1ccc(C(Br)C(=O)c2ccccc2Cl)cc1. The number of ketones is 1. The van der Waals surface area contributed by atoms with Crippen LogP contribution < -0.4 is 0 Å². The van der Waals surface area contributed by atoms with E-state index in [1.165, 1.54) is 5.56 Å². The average Bonchev–Trinajstić information content (AvgIpc) is 2.49. The zero-order chi connectivity index (χ0) is 15.1. The van der Waals surface area contributed by atoms with Crippen molar-refractivity contribution in [1.82, 2.24) is 0 Å². The largest absolute Gasteiger partial charge is 0.292 e. The molecule has 0 aliphatic carbocycles. The standard InChI is InChI=1S/C15H12BrClO.C2H6/c1-10-6-8-11(9-7-10)14(16)15(18)12-4-2-3-5-13(12)17;1-2/h2-9,14H,1H3;1-2H3. The van der Waals surface area contributed by atoms with E-state index in [9.17, 15) is 4.79 Å². The fourth-order valence-electron chi connectivity index (χ4n) is 1.68. The lowest BCUT2D eigenvalue weighted by Gasteiger charge is -2.10. The molecule has 106 valence electrons. The highest BCUT2D eigenvalue weighted by atomic mass is 79.9. The molecule has 0 aromatic heterocycles. The van der Waals surface area contributed by atoms with Crippen LogP contribution >= 0.6 is 27.5 Å². The fraction of sp³-hybridized carbons (Fsp3) is 0.235. The molecule has 0 saturated carbocycles. The zero-order valence-electron chi connectivity index (χ0n) is 11.9. The number of hydrogen-bond donors (Lipinski definition) is 0. The summed E-state index contributed by atoms with van der Waals surface area (Å²) in [7, 11) is 0. The number of rotatable bonds is 3. The second kappa shape index (κ2) is 8.23. The lowest BCUT2D eigenvalue weighted by Crippen LogP contribution is -2.07. The van der Waals surface area contributed by atoms with Gasteiger partial charge in [0.1, 0.15) is 4.83 Å². The Morgan fingerprint density at radius 3 is 2.15 bits per heavy atom. The smallest absolute Gasteiger partial charge is 0.182 e. The molecule has 0 bridgehead atoms. The minimum absolute atomic E-state index is 0.0237. The summed E-state index contributed by atoms with van der Waals surface area (Å²) < 4.78 is 0. The van der Waals surface area contributed by atoms with Gasteiger partial charge in [-0.2, -0.15) is 0 Å². The van der Waals surface area contributed by atoms with Gasteiger partial charge in [0.2, 0.25) is 0 Å². The first-order valence-corrected chi connectivity index (χ1v) is 7.88. The summed E-state index contributed by atoms with van der Waals surface area (Å²) in [6, 6.07) is 15.0. The quantitative estimate of drug-likeness (QED) is 0.489. The number of alkyl halides is 1. The molecule has 1 atom stereocenters. The number of aryl methyl sites for hydroxylation is 1. The Labute approximate surface area is 134 Å². The minimum Gasteiger partial charge on any atom is -0.292 e. The number of hydrogen-bond acceptors (Lipinski definition) is 1. The number of benzene rings is 2. The van der Waals surface area contributed by atoms with Gasteiger partial charge in [-0.25, -0.2) is 0 Å². The molecule has 2 aromatic carbocycles. The lowest BCUT2D eigenvalue weighted by molar-refractivity contribution is 0.0991. The van der Waals surface area contributed by atoms with Gasteiger partial charge >= 0.3 is 0 Å². The van der Waals surface area contributed by atoms with Crippen molar-refractivity contribution < 1.29 is 4.79 Å². The van der Waals surface area contributed by atoms with Crippen molar-refractivity contribution in [3.8, 4) is 0 Å². The molecule has 0 heterocycles. The van der Waals surface area contributed by atoms with E-state index in [2.05, 4.69) is 15.9 Å². The number of Topliss-reactive ketones (excluding diaryl/α,β-unsaturated/α-hetero) is 1. The predicted molar refractivity (Wildman–Crippen MR) is 90.0 cm³/mol. The zero-order valence-corrected chi connectivity index (χ0v) is 14.2. The molecule has 0 aliphatic rings. The van der Waals surface area contributed by atoms with E-state index in [1.54, 1.807) is 12.1 Å². The van der Waals surface area contributed by atoms with E-state index in [1.807, 2.05) is 57.2 Å². The van der Waals surface area contributed by atoms with Gasteiger partial charge < -0.3 is 0 Å². The summed E-state index contributed by atoms with van der Waals surface area (Å²) in [5.41, 5.74) is 2.65. The average molecular weight is 354 g/mol. The summed E-state index contributed by atoms with van der Waals surface area (Å²) in [4.78, 5) is 12.0. The second-order valence-electron chi connectivity index (χ2n) is 4.12. The fourth-order valence-corrected chi connectivity index (χ4v) is 2.47. The molecule has 0 aliphatic heterocycles. The van der Waals surface area contributed by atoms with Crippen molar-refractivity contribution >= 4 is 33.3 Å². The summed E-state index contributed by atoms with van der Waals surface area (Å²) in [5, 5.41) is 0.485. The van der Waals surface area contributed by atoms with Crippen LogP contribution in [0.25, 0.3) is 0 Å². The van der Waals surface area contributed by atoms with E-state index >= 15 is 0 Å². The van der Waals surface area contributed by atoms with Crippen LogP contribution in [-0.4, -0.2) is 5.78 Å². The molecule has 2 rings (SSSR count). The van der Waals surface area contributed by atoms with Gasteiger partial charge in [0.05, 0.1) is 5.02 Å². The van der Waals surface area contributed by atoms with E-state index in [4.69, 9.17) is 11.6 Å². The van der Waals surface area contributed by atoms with Gasteiger partial charge in [-0.1, -0.05) is 83.3 Å². The van der Waals surface area contributed by atoms with Crippen LogP contribution in [0.15, 0.2) is 48.5 Å². The number of halogens is 2. The first kappa shape index (κ1) is 16.9. The van der Waals surface area contributed by atoms with Gasteiger partial charge in [-0.05, 0) is 24.6 Å². The Morgan fingerprint density at radius 1 is 1.05 bits per heavy atom. The van der Waals surface area contributed by atoms with Crippen molar-refractivity contribution in [2.45, 2.75) is 25.6 Å². The lowest BCUT2D eigenvalue weighted by atomic mass is 10.0. The highest BCUT2D eigenvalue weighted by Gasteiger charge is 2.20. The minimum atomic E-state index is -0.363. The molecule has 0 fully saturated rings. The van der Waals surface area contributed by atoms with Gasteiger partial charge in [0.15, 0.2) is 5.78 Å². The summed E-state index contributed by atoms with van der Waals surface area (Å²) >= 11 is 9.47. The van der Waals surface area contributed by atoms with Crippen molar-refractivity contribution in [3.63, 3.8) is 0 Å². The van der Waals surface area contributed by atoms with Gasteiger partial charge in [-0.15, -0.1) is 0 Å². The Balaban J connectivity index is 0.000000956. The third-order valence-electron chi connectivity index (χ3n) is 2.74. The Hall–Kier alpha value is -1.12. The molecule has 20 heavy (non-hydrogen) atoms. The maximum absolute atomic E-state index is 12.3. The van der Waals surface area contributed by atoms with Crippen molar-refractivity contribution in [2.75, 3.05) is 0 Å². The Bertz CT molecular complexity index is 563. The first-order chi connectivity index (χ1) is 9.59. The Kier molecular flexibility index (Phi) is 6.97. The number of carbonyl (C=O) groups excluding carboxylic acids is 1. The molecule has 0 amide bonds. The topological polar surface area (TPSA) is 17.1 Å². The first-order valence-electron chi connectivity index (χ1n) is 6.59. The van der Waals surface area contributed by atoms with E-state index < -0.39 is 0 Å². The predicted octanol–water partition coefficient (Wildman–Crippen LogP) is 5.99. The van der Waals surface area contributed by atoms with Crippen LogP contribution in [-0.2, 0) is 0 Å². The van der Waals surface area contributed by atoms with E-state index in [0.29, 0.717) is 10.6 Å². The molecule has 0 radical (unpaired) electrons. The molecule has 1 nitrogen and oxygen atoms in total. The molecular weight excluding hydrogens is 336 g/mol. The van der Waals surface area contributed by atoms with Gasteiger partial charge in [0, 0.05) is 5.56 Å². The van der Waals surface area contributed by atoms with Crippen molar-refractivity contribution in [2.24, 2.45) is 0 Å². The van der Waals surface area contributed by atoms with Gasteiger partial charge in [0.25, 0.3) is 0 Å². The Morgan fingerprint density at radius 2 is 1.60 bits per heavy atom. The van der Waals surface area contributed by atoms with Crippen molar-refractivity contribution in [3.05, 3.63) is 70.2 Å². The van der Waals surface area contributed by atoms with E-state index in [-0.39, 0.29) is 10.6 Å². The van der Waals surface area contributed by atoms with Crippen LogP contribution in [0.1, 0.15) is 40.2 Å². The summed E-state index contributed by atoms with van der Waals surface area (Å²) in [6.45, 7) is 6.02. The van der Waals surface area contributed by atoms with Crippen LogP contribution in [0.2, 0.25) is 5.02 Å². The molecule has 0 N–H and O–H groups in total. The normalized spacial score (nSPS) is 11.2. The van der Waals surface area contributed by atoms with E-state index in [0.717, 1.165) is 5.56 Å². The highest BCUT2D eigenvalue weighted by Crippen LogP contribution is 2.29. The monoisotopic (exact) mass is 352 g/mol. The second-order valence-corrected chi connectivity index (χ2v) is 5.44. The van der Waals surface area contributed by atoms with Crippen molar-refractivity contribution in [1.29, 1.82) is 0 Å². The number of carbonyl (C=O) groups is 1. The summed E-state index contributed by atoms with van der Waals surface area (Å²) in [6.07, 6.45) is 0. The van der Waals surface area contributed by atoms with Crippen LogP contribution in [0.5, 0.6) is 0 Å². The van der Waals surface area contributed by atoms with Crippen LogP contribution in [0.4, 0.5) is 0 Å². The maximum Gasteiger partial charge on any atom is 0.182 e. The molecule has 0 saturated heterocycles. The molecular formula is C17H18BrClO. The molecule has 1 unspecified atom stereocenters. The van der Waals surface area contributed by atoms with Crippen LogP contribution in [0, 0.1) is 6.92 Å². The molecule has 2 aromatic rings. The van der Waals surface area contributed by atoms with Crippen LogP contribution in [0.3, 0.4) is 0 Å². The molecule has 3 heteroatoms. The summed E-state index contributed by atoms with van der Waals surface area (Å²) in [5.74, 6) is -0.0237. The van der Waals surface area contributed by atoms with Gasteiger partial charge in [-0.3, -0.25) is 4.79 Å². The third kappa shape index (κ3) is 4.19.